The first-order valence-electron chi connectivity index (χ1n) is 10.6. The van der Waals surface area contributed by atoms with E-state index in [1.165, 1.54) is 5.56 Å². The first-order chi connectivity index (χ1) is 14.9. The van der Waals surface area contributed by atoms with Crippen LogP contribution in [0.25, 0.3) is 0 Å². The first kappa shape index (κ1) is 22.3. The highest BCUT2D eigenvalue weighted by Gasteiger charge is 2.22. The molecule has 0 saturated carbocycles. The van der Waals surface area contributed by atoms with E-state index < -0.39 is 6.10 Å². The third-order valence-corrected chi connectivity index (χ3v) is 5.36. The number of rotatable bonds is 7. The summed E-state index contributed by atoms with van der Waals surface area (Å²) in [6.45, 7) is 8.87. The van der Waals surface area contributed by atoms with Gasteiger partial charge in [0.25, 0.3) is 0 Å². The Bertz CT molecular complexity index is 1060. The van der Waals surface area contributed by atoms with Crippen LogP contribution in [0.2, 0.25) is 0 Å². The highest BCUT2D eigenvalue weighted by molar-refractivity contribution is 5.92. The zero-order valence-corrected chi connectivity index (χ0v) is 18.9. The molecule has 3 aromatic rings. The standard InChI is InChI=1S/C27H30N2O2/c1-6-29(5)18-28-25-17-20(3)24(16-21(25)4)27(30)31-26(22-10-8-7-9-11-22)23-14-12-19(2)13-15-23/h7-18,26H,6H2,1-5H3/b28-18+. The largest absolute Gasteiger partial charge is 0.449 e. The van der Waals surface area contributed by atoms with Crippen LogP contribution in [0.5, 0.6) is 0 Å². The summed E-state index contributed by atoms with van der Waals surface area (Å²) in [5, 5.41) is 0. The summed E-state index contributed by atoms with van der Waals surface area (Å²) in [7, 11) is 1.98. The minimum absolute atomic E-state index is 0.337. The fourth-order valence-corrected chi connectivity index (χ4v) is 3.27. The molecule has 0 heterocycles. The van der Waals surface area contributed by atoms with E-state index in [0.29, 0.717) is 5.56 Å². The summed E-state index contributed by atoms with van der Waals surface area (Å²) in [5.74, 6) is -0.337. The van der Waals surface area contributed by atoms with Gasteiger partial charge in [0.1, 0.15) is 0 Å². The van der Waals surface area contributed by atoms with Gasteiger partial charge in [-0.3, -0.25) is 0 Å². The summed E-state index contributed by atoms with van der Waals surface area (Å²) >= 11 is 0. The third-order valence-electron chi connectivity index (χ3n) is 5.36. The molecule has 0 aliphatic carbocycles. The number of hydrogen-bond acceptors (Lipinski definition) is 3. The molecule has 3 rings (SSSR count). The van der Waals surface area contributed by atoms with Crippen LogP contribution in [0.4, 0.5) is 5.69 Å². The van der Waals surface area contributed by atoms with Gasteiger partial charge in [0.05, 0.1) is 17.6 Å². The lowest BCUT2D eigenvalue weighted by Gasteiger charge is -2.20. The number of benzene rings is 3. The highest BCUT2D eigenvalue weighted by Crippen LogP contribution is 2.29. The Morgan fingerprint density at radius 1 is 0.968 bits per heavy atom. The summed E-state index contributed by atoms with van der Waals surface area (Å²) in [4.78, 5) is 19.8. The molecule has 0 N–H and O–H groups in total. The molecule has 4 nitrogen and oxygen atoms in total. The predicted octanol–water partition coefficient (Wildman–Crippen LogP) is 6.17. The molecule has 1 atom stereocenters. The Hall–Kier alpha value is -3.40. The molecule has 0 radical (unpaired) electrons. The number of carbonyl (C=O) groups is 1. The zero-order chi connectivity index (χ0) is 22.4. The van der Waals surface area contributed by atoms with Crippen LogP contribution in [-0.4, -0.2) is 30.8 Å². The van der Waals surface area contributed by atoms with Crippen LogP contribution in [0.1, 0.15) is 51.2 Å². The third kappa shape index (κ3) is 5.60. The van der Waals surface area contributed by atoms with Crippen molar-refractivity contribution in [2.45, 2.75) is 33.8 Å². The topological polar surface area (TPSA) is 41.9 Å². The van der Waals surface area contributed by atoms with E-state index in [0.717, 1.165) is 34.5 Å². The fraction of sp³-hybridized carbons (Fsp3) is 0.259. The maximum Gasteiger partial charge on any atom is 0.339 e. The number of aliphatic imine (C=N–C) groups is 1. The van der Waals surface area contributed by atoms with Gasteiger partial charge in [-0.05, 0) is 62.1 Å². The van der Waals surface area contributed by atoms with Crippen molar-refractivity contribution in [1.29, 1.82) is 0 Å². The van der Waals surface area contributed by atoms with Crippen LogP contribution < -0.4 is 0 Å². The minimum atomic E-state index is -0.468. The van der Waals surface area contributed by atoms with Gasteiger partial charge in [-0.2, -0.15) is 0 Å². The molecule has 0 aliphatic rings. The maximum atomic E-state index is 13.2. The average molecular weight is 415 g/mol. The van der Waals surface area contributed by atoms with Crippen LogP contribution >= 0.6 is 0 Å². The smallest absolute Gasteiger partial charge is 0.339 e. The van der Waals surface area contributed by atoms with Gasteiger partial charge in [0, 0.05) is 13.6 Å². The molecule has 0 fully saturated rings. The fourth-order valence-electron chi connectivity index (χ4n) is 3.27. The second kappa shape index (κ2) is 10.1. The van der Waals surface area contributed by atoms with Crippen molar-refractivity contribution in [3.8, 4) is 0 Å². The Kier molecular flexibility index (Phi) is 7.24. The van der Waals surface area contributed by atoms with E-state index in [9.17, 15) is 4.79 Å². The van der Waals surface area contributed by atoms with Gasteiger partial charge in [-0.25, -0.2) is 9.79 Å². The summed E-state index contributed by atoms with van der Waals surface area (Å²) in [6.07, 6.45) is 1.34. The molecule has 1 unspecified atom stereocenters. The summed E-state index contributed by atoms with van der Waals surface area (Å²) in [6, 6.07) is 21.8. The Labute approximate surface area is 185 Å². The Balaban J connectivity index is 1.90. The zero-order valence-electron chi connectivity index (χ0n) is 18.9. The van der Waals surface area contributed by atoms with Gasteiger partial charge in [0.2, 0.25) is 0 Å². The van der Waals surface area contributed by atoms with E-state index in [-0.39, 0.29) is 5.97 Å². The highest BCUT2D eigenvalue weighted by atomic mass is 16.5. The van der Waals surface area contributed by atoms with E-state index in [1.54, 1.807) is 0 Å². The van der Waals surface area contributed by atoms with Gasteiger partial charge < -0.3 is 9.64 Å². The molecular formula is C27H30N2O2. The molecule has 0 amide bonds. The van der Waals surface area contributed by atoms with Crippen LogP contribution in [0.15, 0.2) is 71.7 Å². The average Bonchev–Trinajstić information content (AvgIpc) is 2.78. The molecule has 0 bridgehead atoms. The lowest BCUT2D eigenvalue weighted by Crippen LogP contribution is -2.15. The number of aryl methyl sites for hydroxylation is 3. The number of esters is 1. The quantitative estimate of drug-likeness (QED) is 0.264. The van der Waals surface area contributed by atoms with Crippen molar-refractivity contribution in [3.05, 3.63) is 100 Å². The molecule has 4 heteroatoms. The number of nitrogens with zero attached hydrogens (tertiary/aromatic N) is 2. The molecule has 0 spiro atoms. The van der Waals surface area contributed by atoms with Crippen LogP contribution in [-0.2, 0) is 4.74 Å². The van der Waals surface area contributed by atoms with Gasteiger partial charge in [-0.15, -0.1) is 0 Å². The number of hydrogen-bond donors (Lipinski definition) is 0. The van der Waals surface area contributed by atoms with Gasteiger partial charge >= 0.3 is 5.97 Å². The summed E-state index contributed by atoms with van der Waals surface area (Å²) in [5.41, 5.74) is 6.25. The molecule has 0 aliphatic heterocycles. The van der Waals surface area contributed by atoms with Gasteiger partial charge in [-0.1, -0.05) is 60.2 Å². The monoisotopic (exact) mass is 414 g/mol. The van der Waals surface area contributed by atoms with E-state index >= 15 is 0 Å². The van der Waals surface area contributed by atoms with Crippen molar-refractivity contribution >= 4 is 18.0 Å². The normalized spacial score (nSPS) is 12.0. The SMILES string of the molecule is CCN(C)/C=N/c1cc(C)c(C(=O)OC(c2ccccc2)c2ccc(C)cc2)cc1C. The van der Waals surface area contributed by atoms with Crippen molar-refractivity contribution < 1.29 is 9.53 Å². The molecule has 0 aromatic heterocycles. The predicted molar refractivity (Wildman–Crippen MR) is 127 cm³/mol. The van der Waals surface area contributed by atoms with Crippen molar-refractivity contribution in [2.24, 2.45) is 4.99 Å². The second-order valence-electron chi connectivity index (χ2n) is 7.88. The van der Waals surface area contributed by atoms with E-state index in [4.69, 9.17) is 4.74 Å². The molecular weight excluding hydrogens is 384 g/mol. The van der Waals surface area contributed by atoms with Crippen LogP contribution in [0, 0.1) is 20.8 Å². The van der Waals surface area contributed by atoms with Crippen molar-refractivity contribution in [3.63, 3.8) is 0 Å². The molecule has 160 valence electrons. The number of ether oxygens (including phenoxy) is 1. The molecule has 3 aromatic carbocycles. The van der Waals surface area contributed by atoms with E-state index in [1.807, 2.05) is 106 Å². The second-order valence-corrected chi connectivity index (χ2v) is 7.88. The Morgan fingerprint density at radius 3 is 2.26 bits per heavy atom. The first-order valence-corrected chi connectivity index (χ1v) is 10.6. The maximum absolute atomic E-state index is 13.2. The lowest BCUT2D eigenvalue weighted by molar-refractivity contribution is 0.0377. The van der Waals surface area contributed by atoms with E-state index in [2.05, 4.69) is 11.9 Å². The lowest BCUT2D eigenvalue weighted by atomic mass is 9.99. The van der Waals surface area contributed by atoms with Crippen molar-refractivity contribution in [2.75, 3.05) is 13.6 Å². The molecule has 0 saturated heterocycles. The van der Waals surface area contributed by atoms with Gasteiger partial charge in [0.15, 0.2) is 6.10 Å². The van der Waals surface area contributed by atoms with Crippen molar-refractivity contribution in [1.82, 2.24) is 4.90 Å². The van der Waals surface area contributed by atoms with Crippen LogP contribution in [0.3, 0.4) is 0 Å². The molecule has 31 heavy (non-hydrogen) atoms. The Morgan fingerprint density at radius 2 is 1.61 bits per heavy atom. The minimum Gasteiger partial charge on any atom is -0.449 e. The summed E-state index contributed by atoms with van der Waals surface area (Å²) < 4.78 is 6.05. The number of carbonyl (C=O) groups excluding carboxylic acids is 1.